The van der Waals surface area contributed by atoms with Gasteiger partial charge in [-0.15, -0.1) is 0 Å². The summed E-state index contributed by atoms with van der Waals surface area (Å²) in [6.07, 6.45) is -12.7. The zero-order valence-corrected chi connectivity index (χ0v) is 15.7. The quantitative estimate of drug-likeness (QED) is 0.375. The Labute approximate surface area is 175 Å². The van der Waals surface area contributed by atoms with Crippen LogP contribution in [-0.2, 0) is 10.9 Å². The minimum Gasteiger partial charge on any atom is -0.489 e. The summed E-state index contributed by atoms with van der Waals surface area (Å²) in [7, 11) is 0. The predicted molar refractivity (Wildman–Crippen MR) is 94.6 cm³/mol. The molecule has 0 saturated carbocycles. The van der Waals surface area contributed by atoms with Crippen molar-refractivity contribution in [2.75, 3.05) is 18.1 Å². The number of rotatable bonds is 5. The molecular weight excluding hydrogens is 450 g/mol. The molecule has 3 rings (SSSR count). The van der Waals surface area contributed by atoms with Crippen molar-refractivity contribution in [3.8, 4) is 11.8 Å². The average molecular weight is 462 g/mol. The summed E-state index contributed by atoms with van der Waals surface area (Å²) in [5, 5.41) is 19.6. The van der Waals surface area contributed by atoms with E-state index in [2.05, 4.69) is 4.98 Å². The molecule has 1 fully saturated rings. The van der Waals surface area contributed by atoms with Crippen LogP contribution in [0.4, 0.5) is 37.7 Å². The van der Waals surface area contributed by atoms with Crippen molar-refractivity contribution in [1.29, 1.82) is 5.26 Å². The highest BCUT2D eigenvalue weighted by atomic mass is 19.4. The Morgan fingerprint density at radius 1 is 1.25 bits per heavy atom. The molecule has 0 radical (unpaired) electrons. The molecule has 1 aromatic carbocycles. The normalized spacial score (nSPS) is 19.0. The maximum atomic E-state index is 13.5. The number of nitriles is 1. The molecule has 0 bridgehead atoms. The third-order valence-electron chi connectivity index (χ3n) is 4.39. The number of benzene rings is 1. The molecule has 32 heavy (non-hydrogen) atoms. The molecule has 14 heteroatoms. The highest BCUT2D eigenvalue weighted by Gasteiger charge is 2.51. The van der Waals surface area contributed by atoms with Gasteiger partial charge in [-0.25, -0.2) is 4.98 Å². The van der Waals surface area contributed by atoms with Crippen LogP contribution >= 0.6 is 0 Å². The van der Waals surface area contributed by atoms with Gasteiger partial charge in [0, 0.05) is 11.8 Å². The Balaban J connectivity index is 1.84. The lowest BCUT2D eigenvalue weighted by atomic mass is 10.1. The summed E-state index contributed by atoms with van der Waals surface area (Å²) in [5.41, 5.74) is -3.41. The maximum Gasteiger partial charge on any atom is 0.433 e. The number of hydrogen-bond donors (Lipinski definition) is 0. The first-order valence-electron chi connectivity index (χ1n) is 8.73. The summed E-state index contributed by atoms with van der Waals surface area (Å²) < 4.78 is 90.4. The Bertz CT molecular complexity index is 1040. The van der Waals surface area contributed by atoms with Gasteiger partial charge in [0.2, 0.25) is 6.23 Å². The monoisotopic (exact) mass is 462 g/mol. The van der Waals surface area contributed by atoms with E-state index < -0.39 is 59.7 Å². The molecule has 1 aromatic heterocycles. The topological polar surface area (TPSA) is 102 Å². The zero-order valence-electron chi connectivity index (χ0n) is 15.7. The van der Waals surface area contributed by atoms with Crippen LogP contribution in [-0.4, -0.2) is 41.6 Å². The second-order valence-corrected chi connectivity index (χ2v) is 6.56. The van der Waals surface area contributed by atoms with E-state index in [0.717, 1.165) is 6.07 Å². The number of aromatic nitrogens is 1. The van der Waals surface area contributed by atoms with Crippen molar-refractivity contribution in [3.63, 3.8) is 0 Å². The van der Waals surface area contributed by atoms with Crippen LogP contribution in [0.5, 0.6) is 5.75 Å². The third kappa shape index (κ3) is 4.99. The molecule has 2 aromatic rings. The molecule has 1 saturated heterocycles. The van der Waals surface area contributed by atoms with E-state index in [1.54, 1.807) is 6.07 Å². The van der Waals surface area contributed by atoms with Crippen molar-refractivity contribution in [2.45, 2.75) is 24.7 Å². The standard InChI is InChI=1S/C18H12F6N4O4/c19-17(20,21)14-5-11(2-4-15(14)28(29)30)27-8-13(32-16(27)18(22,23)24)9-31-12-3-1-10(6-25)26-7-12/h1-5,7,13,16H,8-9H2. The van der Waals surface area contributed by atoms with E-state index in [4.69, 9.17) is 14.7 Å². The average Bonchev–Trinajstić information content (AvgIpc) is 3.16. The summed E-state index contributed by atoms with van der Waals surface area (Å²) in [6, 6.07) is 6.05. The van der Waals surface area contributed by atoms with Gasteiger partial charge in [-0.2, -0.15) is 31.6 Å². The molecule has 2 atom stereocenters. The molecule has 170 valence electrons. The number of halogens is 6. The van der Waals surface area contributed by atoms with Crippen molar-refractivity contribution in [2.24, 2.45) is 0 Å². The van der Waals surface area contributed by atoms with Gasteiger partial charge in [-0.1, -0.05) is 0 Å². The van der Waals surface area contributed by atoms with Gasteiger partial charge >= 0.3 is 12.4 Å². The van der Waals surface area contributed by atoms with E-state index in [-0.39, 0.29) is 17.5 Å². The number of nitrogens with zero attached hydrogens (tertiary/aromatic N) is 4. The fourth-order valence-corrected chi connectivity index (χ4v) is 3.01. The van der Waals surface area contributed by atoms with Crippen molar-refractivity contribution in [3.05, 3.63) is 57.9 Å². The molecule has 0 spiro atoms. The van der Waals surface area contributed by atoms with E-state index in [1.807, 2.05) is 0 Å². The first-order chi connectivity index (χ1) is 14.9. The Morgan fingerprint density at radius 2 is 1.97 bits per heavy atom. The number of pyridine rings is 1. The fraction of sp³-hybridized carbons (Fsp3) is 0.333. The second kappa shape index (κ2) is 8.50. The lowest BCUT2D eigenvalue weighted by Crippen LogP contribution is -2.42. The number of alkyl halides is 6. The second-order valence-electron chi connectivity index (χ2n) is 6.56. The molecule has 8 nitrogen and oxygen atoms in total. The van der Waals surface area contributed by atoms with Gasteiger partial charge in [-0.05, 0) is 24.3 Å². The number of ether oxygens (including phenoxy) is 2. The van der Waals surface area contributed by atoms with Gasteiger partial charge in [0.15, 0.2) is 0 Å². The van der Waals surface area contributed by atoms with Crippen molar-refractivity contribution < 1.29 is 40.7 Å². The summed E-state index contributed by atoms with van der Waals surface area (Å²) in [6.45, 7) is -0.890. The predicted octanol–water partition coefficient (Wildman–Crippen LogP) is 4.05. The summed E-state index contributed by atoms with van der Waals surface area (Å²) in [4.78, 5) is 13.9. The van der Waals surface area contributed by atoms with Gasteiger partial charge in [0.25, 0.3) is 5.69 Å². The highest BCUT2D eigenvalue weighted by Crippen LogP contribution is 2.41. The van der Waals surface area contributed by atoms with E-state index in [0.29, 0.717) is 11.0 Å². The van der Waals surface area contributed by atoms with Gasteiger partial charge in [-0.3, -0.25) is 10.1 Å². The summed E-state index contributed by atoms with van der Waals surface area (Å²) >= 11 is 0. The summed E-state index contributed by atoms with van der Waals surface area (Å²) in [5.74, 6) is 0.143. The van der Waals surface area contributed by atoms with E-state index in [9.17, 15) is 36.5 Å². The molecule has 2 unspecified atom stereocenters. The first-order valence-corrected chi connectivity index (χ1v) is 8.73. The largest absolute Gasteiger partial charge is 0.489 e. The molecule has 2 heterocycles. The van der Waals surface area contributed by atoms with Crippen LogP contribution in [0.1, 0.15) is 11.3 Å². The van der Waals surface area contributed by atoms with E-state index in [1.165, 1.54) is 18.3 Å². The van der Waals surface area contributed by atoms with Crippen molar-refractivity contribution in [1.82, 2.24) is 4.98 Å². The number of nitro benzene ring substituents is 1. The number of anilines is 1. The number of nitro groups is 1. The van der Waals surface area contributed by atoms with Crippen LogP contribution in [0.15, 0.2) is 36.5 Å². The van der Waals surface area contributed by atoms with Crippen molar-refractivity contribution >= 4 is 11.4 Å². The Hall–Kier alpha value is -3.60. The van der Waals surface area contributed by atoms with Crippen LogP contribution in [0.2, 0.25) is 0 Å². The molecule has 0 N–H and O–H groups in total. The Morgan fingerprint density at radius 3 is 2.50 bits per heavy atom. The highest BCUT2D eigenvalue weighted by molar-refractivity contribution is 5.57. The lowest BCUT2D eigenvalue weighted by molar-refractivity contribution is -0.388. The fourth-order valence-electron chi connectivity index (χ4n) is 3.01. The van der Waals surface area contributed by atoms with Gasteiger partial charge in [0.1, 0.15) is 35.8 Å². The van der Waals surface area contributed by atoms with Crippen LogP contribution in [0, 0.1) is 21.4 Å². The SMILES string of the molecule is N#Cc1ccc(OCC2CN(c3ccc([N+](=O)[O-])c(C(F)(F)F)c3)C(C(F)(F)F)O2)cn1. The minimum atomic E-state index is -5.15. The molecule has 0 aliphatic carbocycles. The van der Waals surface area contributed by atoms with E-state index >= 15 is 0 Å². The number of hydrogen-bond acceptors (Lipinski definition) is 7. The van der Waals surface area contributed by atoms with Gasteiger partial charge in [0.05, 0.1) is 17.7 Å². The van der Waals surface area contributed by atoms with Crippen LogP contribution < -0.4 is 9.64 Å². The van der Waals surface area contributed by atoms with Crippen LogP contribution in [0.25, 0.3) is 0 Å². The lowest BCUT2D eigenvalue weighted by Gasteiger charge is -2.27. The van der Waals surface area contributed by atoms with Crippen LogP contribution in [0.3, 0.4) is 0 Å². The molecule has 1 aliphatic rings. The molecule has 1 aliphatic heterocycles. The smallest absolute Gasteiger partial charge is 0.433 e. The minimum absolute atomic E-state index is 0.0939. The van der Waals surface area contributed by atoms with Gasteiger partial charge < -0.3 is 14.4 Å². The Kier molecular flexibility index (Phi) is 6.13. The molecule has 0 amide bonds. The first kappa shape index (κ1) is 23.1. The zero-order chi connectivity index (χ0) is 23.7. The molecular formula is C18H12F6N4O4. The maximum absolute atomic E-state index is 13.5. The third-order valence-corrected chi connectivity index (χ3v) is 4.39.